The topological polar surface area (TPSA) is 47.6 Å². The van der Waals surface area contributed by atoms with Gasteiger partial charge in [-0.05, 0) is 43.2 Å². The Kier molecular flexibility index (Phi) is 7.61. The molecule has 1 atom stereocenters. The summed E-state index contributed by atoms with van der Waals surface area (Å²) in [4.78, 5) is 12.1. The highest BCUT2D eigenvalue weighted by Gasteiger charge is 2.15. The van der Waals surface area contributed by atoms with Crippen molar-refractivity contribution in [3.63, 3.8) is 0 Å². The van der Waals surface area contributed by atoms with Gasteiger partial charge in [0, 0.05) is 0 Å². The number of amides is 1. The number of hydrogen-bond donors (Lipinski definition) is 1. The summed E-state index contributed by atoms with van der Waals surface area (Å²) in [6.45, 7) is 4.65. The molecule has 0 spiro atoms. The van der Waals surface area contributed by atoms with E-state index in [0.29, 0.717) is 23.9 Å². The molecule has 0 saturated carbocycles. The van der Waals surface area contributed by atoms with Crippen LogP contribution in [0.15, 0.2) is 48.5 Å². The lowest BCUT2D eigenvalue weighted by molar-refractivity contribution is -0.127. The summed E-state index contributed by atoms with van der Waals surface area (Å²) in [5.41, 5.74) is 1.30. The van der Waals surface area contributed by atoms with Crippen molar-refractivity contribution >= 4 is 17.5 Å². The lowest BCUT2D eigenvalue weighted by atomic mass is 10.1. The lowest BCUT2D eigenvalue weighted by Crippen LogP contribution is -2.38. The minimum atomic E-state index is -0.631. The molecular weight excluding hydrogens is 338 g/mol. The molecule has 0 aliphatic heterocycles. The molecule has 0 fully saturated rings. The second-order valence-corrected chi connectivity index (χ2v) is 6.13. The standard InChI is InChI=1S/C20H24ClNO3/c1-3-6-16-9-11-17(12-10-16)24-14-13-22-20(23)15(2)25-19-8-5-4-7-18(19)21/h4-5,7-12,15H,3,6,13-14H2,1-2H3,(H,22,23)/t15-/m1/s1. The maximum atomic E-state index is 12.1. The molecule has 0 aromatic heterocycles. The third-order valence-electron chi connectivity index (χ3n) is 3.64. The van der Waals surface area contributed by atoms with Crippen LogP contribution >= 0.6 is 11.6 Å². The Balaban J connectivity index is 1.70. The highest BCUT2D eigenvalue weighted by molar-refractivity contribution is 6.32. The van der Waals surface area contributed by atoms with Gasteiger partial charge in [0.15, 0.2) is 6.10 Å². The Morgan fingerprint density at radius 1 is 1.16 bits per heavy atom. The molecule has 2 rings (SSSR count). The highest BCUT2D eigenvalue weighted by atomic mass is 35.5. The van der Waals surface area contributed by atoms with Crippen molar-refractivity contribution in [3.8, 4) is 11.5 Å². The fraction of sp³-hybridized carbons (Fsp3) is 0.350. The lowest BCUT2D eigenvalue weighted by Gasteiger charge is -2.15. The van der Waals surface area contributed by atoms with E-state index in [1.165, 1.54) is 5.56 Å². The maximum absolute atomic E-state index is 12.1. The van der Waals surface area contributed by atoms with E-state index in [1.54, 1.807) is 19.1 Å². The predicted octanol–water partition coefficient (Wildman–Crippen LogP) is 4.26. The van der Waals surface area contributed by atoms with Crippen molar-refractivity contribution in [3.05, 3.63) is 59.1 Å². The summed E-state index contributed by atoms with van der Waals surface area (Å²) in [6, 6.07) is 15.1. The van der Waals surface area contributed by atoms with E-state index < -0.39 is 6.10 Å². The van der Waals surface area contributed by atoms with Crippen molar-refractivity contribution in [1.82, 2.24) is 5.32 Å². The third-order valence-corrected chi connectivity index (χ3v) is 3.95. The molecule has 25 heavy (non-hydrogen) atoms. The average Bonchev–Trinajstić information content (AvgIpc) is 2.62. The zero-order valence-corrected chi connectivity index (χ0v) is 15.4. The largest absolute Gasteiger partial charge is 0.492 e. The molecule has 0 aliphatic rings. The number of nitrogens with one attached hydrogen (secondary N) is 1. The number of aryl methyl sites for hydroxylation is 1. The Labute approximate surface area is 154 Å². The summed E-state index contributed by atoms with van der Waals surface area (Å²) >= 11 is 6.02. The van der Waals surface area contributed by atoms with Crippen LogP contribution in [0.25, 0.3) is 0 Å². The predicted molar refractivity (Wildman–Crippen MR) is 100 cm³/mol. The monoisotopic (exact) mass is 361 g/mol. The number of hydrogen-bond acceptors (Lipinski definition) is 3. The Bertz CT molecular complexity index is 673. The number of carbonyl (C=O) groups is 1. The molecule has 0 aliphatic carbocycles. The van der Waals surface area contributed by atoms with Crippen LogP contribution < -0.4 is 14.8 Å². The van der Waals surface area contributed by atoms with Crippen LogP contribution in [0.5, 0.6) is 11.5 Å². The van der Waals surface area contributed by atoms with Gasteiger partial charge in [0.25, 0.3) is 5.91 Å². The highest BCUT2D eigenvalue weighted by Crippen LogP contribution is 2.24. The number of carbonyl (C=O) groups excluding carboxylic acids is 1. The first-order chi connectivity index (χ1) is 12.1. The molecule has 0 unspecified atom stereocenters. The average molecular weight is 362 g/mol. The van der Waals surface area contributed by atoms with Gasteiger partial charge in [-0.15, -0.1) is 0 Å². The van der Waals surface area contributed by atoms with Crippen molar-refractivity contribution in [2.45, 2.75) is 32.8 Å². The molecule has 0 radical (unpaired) electrons. The first kappa shape index (κ1) is 19.1. The smallest absolute Gasteiger partial charge is 0.260 e. The van der Waals surface area contributed by atoms with E-state index in [2.05, 4.69) is 24.4 Å². The third kappa shape index (κ3) is 6.31. The molecule has 2 aromatic carbocycles. The van der Waals surface area contributed by atoms with Crippen LogP contribution in [0, 0.1) is 0 Å². The van der Waals surface area contributed by atoms with E-state index in [9.17, 15) is 4.79 Å². The van der Waals surface area contributed by atoms with Crippen LogP contribution in [0.3, 0.4) is 0 Å². The van der Waals surface area contributed by atoms with E-state index in [-0.39, 0.29) is 5.91 Å². The van der Waals surface area contributed by atoms with E-state index >= 15 is 0 Å². The van der Waals surface area contributed by atoms with Gasteiger partial charge in [-0.2, -0.15) is 0 Å². The van der Waals surface area contributed by atoms with Crippen LogP contribution in [-0.4, -0.2) is 25.2 Å². The van der Waals surface area contributed by atoms with E-state index in [4.69, 9.17) is 21.1 Å². The van der Waals surface area contributed by atoms with Gasteiger partial charge in [-0.25, -0.2) is 0 Å². The fourth-order valence-corrected chi connectivity index (χ4v) is 2.49. The van der Waals surface area contributed by atoms with Gasteiger partial charge in [0.1, 0.15) is 18.1 Å². The first-order valence-corrected chi connectivity index (χ1v) is 8.88. The minimum Gasteiger partial charge on any atom is -0.492 e. The van der Waals surface area contributed by atoms with Gasteiger partial charge in [-0.3, -0.25) is 4.79 Å². The Morgan fingerprint density at radius 3 is 2.56 bits per heavy atom. The quantitative estimate of drug-likeness (QED) is 0.679. The van der Waals surface area contributed by atoms with Crippen molar-refractivity contribution in [1.29, 1.82) is 0 Å². The SMILES string of the molecule is CCCc1ccc(OCCNC(=O)[C@@H](C)Oc2ccccc2Cl)cc1. The maximum Gasteiger partial charge on any atom is 0.260 e. The normalized spacial score (nSPS) is 11.6. The van der Waals surface area contributed by atoms with Gasteiger partial charge >= 0.3 is 0 Å². The molecule has 1 N–H and O–H groups in total. The van der Waals surface area contributed by atoms with Crippen molar-refractivity contribution < 1.29 is 14.3 Å². The van der Waals surface area contributed by atoms with Crippen LogP contribution in [0.1, 0.15) is 25.8 Å². The number of ether oxygens (including phenoxy) is 2. The van der Waals surface area contributed by atoms with Gasteiger partial charge in [-0.1, -0.05) is 49.2 Å². The summed E-state index contributed by atoms with van der Waals surface area (Å²) in [7, 11) is 0. The number of halogens is 1. The van der Waals surface area contributed by atoms with Crippen LogP contribution in [0.4, 0.5) is 0 Å². The van der Waals surface area contributed by atoms with Crippen molar-refractivity contribution in [2.75, 3.05) is 13.2 Å². The van der Waals surface area contributed by atoms with Gasteiger partial charge < -0.3 is 14.8 Å². The Morgan fingerprint density at radius 2 is 1.88 bits per heavy atom. The number of benzene rings is 2. The fourth-order valence-electron chi connectivity index (χ4n) is 2.31. The Hall–Kier alpha value is -2.20. The zero-order valence-electron chi connectivity index (χ0n) is 14.6. The van der Waals surface area contributed by atoms with Crippen LogP contribution in [-0.2, 0) is 11.2 Å². The molecular formula is C20H24ClNO3. The van der Waals surface area contributed by atoms with Crippen LogP contribution in [0.2, 0.25) is 5.02 Å². The molecule has 1 amide bonds. The van der Waals surface area contributed by atoms with E-state index in [0.717, 1.165) is 18.6 Å². The summed E-state index contributed by atoms with van der Waals surface area (Å²) < 4.78 is 11.2. The molecule has 134 valence electrons. The summed E-state index contributed by atoms with van der Waals surface area (Å²) in [5, 5.41) is 3.28. The molecule has 5 heteroatoms. The molecule has 0 bridgehead atoms. The summed E-state index contributed by atoms with van der Waals surface area (Å²) in [6.07, 6.45) is 1.56. The number of para-hydroxylation sites is 1. The van der Waals surface area contributed by atoms with Gasteiger partial charge in [0.05, 0.1) is 11.6 Å². The summed E-state index contributed by atoms with van der Waals surface area (Å²) in [5.74, 6) is 1.09. The van der Waals surface area contributed by atoms with Gasteiger partial charge in [0.2, 0.25) is 0 Å². The zero-order chi connectivity index (χ0) is 18.1. The molecule has 2 aromatic rings. The van der Waals surface area contributed by atoms with Crippen molar-refractivity contribution in [2.24, 2.45) is 0 Å². The molecule has 4 nitrogen and oxygen atoms in total. The number of rotatable bonds is 9. The second-order valence-electron chi connectivity index (χ2n) is 5.72. The second kappa shape index (κ2) is 9.94. The molecule has 0 saturated heterocycles. The minimum absolute atomic E-state index is 0.207. The molecule has 0 heterocycles. The van der Waals surface area contributed by atoms with E-state index in [1.807, 2.05) is 24.3 Å². The first-order valence-electron chi connectivity index (χ1n) is 8.50.